The van der Waals surface area contributed by atoms with E-state index in [1.54, 1.807) is 12.4 Å². The molecule has 0 amide bonds. The van der Waals surface area contributed by atoms with Crippen LogP contribution in [0.2, 0.25) is 0 Å². The molecule has 3 N–H and O–H groups in total. The lowest BCUT2D eigenvalue weighted by atomic mass is 9.97. The van der Waals surface area contributed by atoms with Crippen LogP contribution in [0.3, 0.4) is 0 Å². The Bertz CT molecular complexity index is 339. The zero-order chi connectivity index (χ0) is 11.3. The van der Waals surface area contributed by atoms with Gasteiger partial charge in [0.05, 0.1) is 5.92 Å². The Morgan fingerprint density at radius 3 is 2.87 bits per heavy atom. The third-order valence-electron chi connectivity index (χ3n) is 2.28. The van der Waals surface area contributed by atoms with E-state index in [4.69, 9.17) is 10.8 Å². The highest BCUT2D eigenvalue weighted by Gasteiger charge is 2.16. The Labute approximate surface area is 89.1 Å². The number of carboxylic acid groups (broad SMARTS) is 1. The highest BCUT2D eigenvalue weighted by atomic mass is 16.4. The maximum atomic E-state index is 10.9. The monoisotopic (exact) mass is 208 g/mol. The molecule has 0 radical (unpaired) electrons. The molecule has 4 heteroatoms. The van der Waals surface area contributed by atoms with Gasteiger partial charge in [-0.05, 0) is 37.4 Å². The average Bonchev–Trinajstić information content (AvgIpc) is 2.17. The lowest BCUT2D eigenvalue weighted by molar-refractivity contribution is -0.141. The molecule has 0 fully saturated rings. The number of nitrogens with two attached hydrogens (primary N) is 1. The van der Waals surface area contributed by atoms with Crippen LogP contribution in [0.1, 0.15) is 17.5 Å². The number of rotatable bonds is 5. The number of aromatic nitrogens is 1. The van der Waals surface area contributed by atoms with Crippen molar-refractivity contribution in [3.63, 3.8) is 0 Å². The van der Waals surface area contributed by atoms with Crippen molar-refractivity contribution in [1.82, 2.24) is 4.98 Å². The third kappa shape index (κ3) is 3.67. The quantitative estimate of drug-likeness (QED) is 0.756. The van der Waals surface area contributed by atoms with E-state index in [0.717, 1.165) is 11.1 Å². The summed E-state index contributed by atoms with van der Waals surface area (Å²) < 4.78 is 0. The summed E-state index contributed by atoms with van der Waals surface area (Å²) in [6, 6.07) is 1.96. The van der Waals surface area contributed by atoms with Crippen molar-refractivity contribution in [2.75, 3.05) is 6.54 Å². The second-order valence-corrected chi connectivity index (χ2v) is 3.69. The van der Waals surface area contributed by atoms with Gasteiger partial charge in [-0.2, -0.15) is 0 Å². The summed E-state index contributed by atoms with van der Waals surface area (Å²) in [6.07, 6.45) is 4.46. The number of carboxylic acids is 1. The topological polar surface area (TPSA) is 76.2 Å². The largest absolute Gasteiger partial charge is 0.481 e. The zero-order valence-corrected chi connectivity index (χ0v) is 8.81. The Morgan fingerprint density at radius 2 is 2.33 bits per heavy atom. The molecule has 0 saturated carbocycles. The fraction of sp³-hybridized carbons (Fsp3) is 0.455. The third-order valence-corrected chi connectivity index (χ3v) is 2.28. The molecule has 15 heavy (non-hydrogen) atoms. The second-order valence-electron chi connectivity index (χ2n) is 3.69. The SMILES string of the molecule is Cc1cncc(CC(CCN)C(=O)O)c1. The van der Waals surface area contributed by atoms with Crippen molar-refractivity contribution in [1.29, 1.82) is 0 Å². The molecule has 0 spiro atoms. The van der Waals surface area contributed by atoms with Gasteiger partial charge in [0.1, 0.15) is 0 Å². The van der Waals surface area contributed by atoms with Gasteiger partial charge in [-0.25, -0.2) is 0 Å². The van der Waals surface area contributed by atoms with E-state index in [0.29, 0.717) is 19.4 Å². The van der Waals surface area contributed by atoms with Crippen LogP contribution in [0.25, 0.3) is 0 Å². The molecule has 0 aliphatic heterocycles. The smallest absolute Gasteiger partial charge is 0.306 e. The number of aliphatic carboxylic acids is 1. The van der Waals surface area contributed by atoms with Crippen molar-refractivity contribution < 1.29 is 9.90 Å². The zero-order valence-electron chi connectivity index (χ0n) is 8.81. The summed E-state index contributed by atoms with van der Waals surface area (Å²) in [7, 11) is 0. The summed E-state index contributed by atoms with van der Waals surface area (Å²) in [5.74, 6) is -1.19. The van der Waals surface area contributed by atoms with E-state index < -0.39 is 11.9 Å². The van der Waals surface area contributed by atoms with Crippen molar-refractivity contribution >= 4 is 5.97 Å². The van der Waals surface area contributed by atoms with Gasteiger partial charge in [-0.3, -0.25) is 9.78 Å². The fourth-order valence-electron chi connectivity index (χ4n) is 1.53. The molecule has 0 aromatic carbocycles. The van der Waals surface area contributed by atoms with Gasteiger partial charge >= 0.3 is 5.97 Å². The van der Waals surface area contributed by atoms with E-state index in [9.17, 15) is 4.79 Å². The van der Waals surface area contributed by atoms with Crippen LogP contribution in [0.15, 0.2) is 18.5 Å². The number of hydrogen-bond acceptors (Lipinski definition) is 3. The predicted molar refractivity (Wildman–Crippen MR) is 57.5 cm³/mol. The molecule has 1 aromatic heterocycles. The normalized spacial score (nSPS) is 12.4. The van der Waals surface area contributed by atoms with Crippen LogP contribution >= 0.6 is 0 Å². The summed E-state index contributed by atoms with van der Waals surface area (Å²) in [5, 5.41) is 8.96. The lowest BCUT2D eigenvalue weighted by Crippen LogP contribution is -2.20. The second kappa shape index (κ2) is 5.46. The molecular weight excluding hydrogens is 192 g/mol. The van der Waals surface area contributed by atoms with E-state index in [-0.39, 0.29) is 0 Å². The molecule has 1 heterocycles. The van der Waals surface area contributed by atoms with Gasteiger partial charge in [0, 0.05) is 12.4 Å². The molecule has 0 aliphatic carbocycles. The van der Waals surface area contributed by atoms with Crippen molar-refractivity contribution in [3.8, 4) is 0 Å². The van der Waals surface area contributed by atoms with Crippen molar-refractivity contribution in [2.45, 2.75) is 19.8 Å². The number of hydrogen-bond donors (Lipinski definition) is 2. The molecule has 1 atom stereocenters. The number of aryl methyl sites for hydroxylation is 1. The van der Waals surface area contributed by atoms with Crippen molar-refractivity contribution in [2.24, 2.45) is 11.7 Å². The minimum absolute atomic E-state index is 0.399. The van der Waals surface area contributed by atoms with Crippen LogP contribution in [0.5, 0.6) is 0 Å². The standard InChI is InChI=1S/C11H16N2O2/c1-8-4-9(7-13-6-8)5-10(2-3-12)11(14)15/h4,6-7,10H,2-3,5,12H2,1H3,(H,14,15). The van der Waals surface area contributed by atoms with Gasteiger partial charge in [-0.1, -0.05) is 6.07 Å². The predicted octanol–water partition coefficient (Wildman–Crippen LogP) is 0.982. The molecule has 0 saturated heterocycles. The van der Waals surface area contributed by atoms with Crippen LogP contribution in [0, 0.1) is 12.8 Å². The number of nitrogens with zero attached hydrogens (tertiary/aromatic N) is 1. The molecule has 0 bridgehead atoms. The van der Waals surface area contributed by atoms with Crippen molar-refractivity contribution in [3.05, 3.63) is 29.6 Å². The van der Waals surface area contributed by atoms with Gasteiger partial charge < -0.3 is 10.8 Å². The van der Waals surface area contributed by atoms with E-state index in [1.807, 2.05) is 13.0 Å². The minimum Gasteiger partial charge on any atom is -0.481 e. The highest BCUT2D eigenvalue weighted by molar-refractivity contribution is 5.70. The molecule has 1 aromatic rings. The van der Waals surface area contributed by atoms with Crippen LogP contribution in [-0.4, -0.2) is 22.6 Å². The molecule has 1 unspecified atom stereocenters. The average molecular weight is 208 g/mol. The van der Waals surface area contributed by atoms with E-state index in [1.165, 1.54) is 0 Å². The Hall–Kier alpha value is -1.42. The Morgan fingerprint density at radius 1 is 1.60 bits per heavy atom. The summed E-state index contributed by atoms with van der Waals surface area (Å²) in [5.41, 5.74) is 7.37. The summed E-state index contributed by atoms with van der Waals surface area (Å²) in [6.45, 7) is 2.34. The first kappa shape index (κ1) is 11.7. The molecule has 1 rings (SSSR count). The van der Waals surface area contributed by atoms with E-state index >= 15 is 0 Å². The number of carbonyl (C=O) groups is 1. The molecule has 0 aliphatic rings. The maximum absolute atomic E-state index is 10.9. The molecule has 4 nitrogen and oxygen atoms in total. The van der Waals surface area contributed by atoms with Crippen LogP contribution in [-0.2, 0) is 11.2 Å². The first-order valence-corrected chi connectivity index (χ1v) is 4.97. The first-order chi connectivity index (χ1) is 7.13. The van der Waals surface area contributed by atoms with E-state index in [2.05, 4.69) is 4.98 Å². The molecule has 82 valence electrons. The van der Waals surface area contributed by atoms with Gasteiger partial charge in [-0.15, -0.1) is 0 Å². The maximum Gasteiger partial charge on any atom is 0.306 e. The summed E-state index contributed by atoms with van der Waals surface area (Å²) >= 11 is 0. The Kier molecular flexibility index (Phi) is 4.24. The van der Waals surface area contributed by atoms with Crippen LogP contribution < -0.4 is 5.73 Å². The number of pyridine rings is 1. The fourth-order valence-corrected chi connectivity index (χ4v) is 1.53. The Balaban J connectivity index is 2.69. The first-order valence-electron chi connectivity index (χ1n) is 4.97. The lowest BCUT2D eigenvalue weighted by Gasteiger charge is -2.10. The molecular formula is C11H16N2O2. The summed E-state index contributed by atoms with van der Waals surface area (Å²) in [4.78, 5) is 14.9. The minimum atomic E-state index is -0.790. The highest BCUT2D eigenvalue weighted by Crippen LogP contribution is 2.12. The van der Waals surface area contributed by atoms with Crippen LogP contribution in [0.4, 0.5) is 0 Å². The van der Waals surface area contributed by atoms with Gasteiger partial charge in [0.25, 0.3) is 0 Å². The van der Waals surface area contributed by atoms with Gasteiger partial charge in [0.15, 0.2) is 0 Å². The van der Waals surface area contributed by atoms with Gasteiger partial charge in [0.2, 0.25) is 0 Å².